The smallest absolute Gasteiger partial charge is 0.409 e. The molecule has 8 aliphatic rings. The molecule has 38 heteroatoms. The lowest BCUT2D eigenvalue weighted by molar-refractivity contribution is -0.162. The van der Waals surface area contributed by atoms with Gasteiger partial charge in [-0.15, -0.1) is 11.8 Å². The monoisotopic (exact) mass is 1870 g/mol. The second-order valence-electron chi connectivity index (χ2n) is 34.5. The molecule has 1 saturated carbocycles. The highest BCUT2D eigenvalue weighted by Crippen LogP contribution is 2.52. The molecule has 5 saturated heterocycles. The number of thioether (sulfide) groups is 1. The molecular weight excluding hydrogens is 1750 g/mol. The van der Waals surface area contributed by atoms with Crippen LogP contribution in [0.25, 0.3) is 0 Å². The number of aliphatic hydroxyl groups is 2. The lowest BCUT2D eigenvalue weighted by Crippen LogP contribution is -2.63. The number of hydrogen-bond donors (Lipinski definition) is 6. The zero-order valence-corrected chi connectivity index (χ0v) is 78.9. The molecule has 8 bridgehead atoms. The van der Waals surface area contributed by atoms with E-state index < -0.39 is 149 Å². The predicted molar refractivity (Wildman–Crippen MR) is 479 cm³/mol. The maximum absolute atomic E-state index is 14.3. The van der Waals surface area contributed by atoms with Gasteiger partial charge in [0.2, 0.25) is 47.3 Å². The number of carbonyl (C=O) groups excluding carboxylic acids is 14. The number of benzene rings is 2. The number of esters is 2. The Balaban J connectivity index is 0.000000290. The van der Waals surface area contributed by atoms with Crippen LogP contribution in [0.4, 0.5) is 21.0 Å². The number of likely N-dealkylation sites (tertiary alicyclic amines) is 1. The maximum Gasteiger partial charge on any atom is 0.409 e. The molecule has 0 aromatic heterocycles. The number of methoxy groups -OCH3 is 2. The van der Waals surface area contributed by atoms with Crippen LogP contribution in [-0.2, 0) is 98.7 Å². The maximum atomic E-state index is 14.3. The second-order valence-corrected chi connectivity index (χ2v) is 39.5. The molecule has 2 aromatic rings. The first-order chi connectivity index (χ1) is 59.9. The number of nitrogens with one attached hydrogen (secondary N) is 4. The van der Waals surface area contributed by atoms with Crippen LogP contribution in [-0.4, -0.2) is 277 Å². The Morgan fingerprint density at radius 3 is 1.50 bits per heavy atom. The number of amides is 10. The van der Waals surface area contributed by atoms with Gasteiger partial charge in [-0.25, -0.2) is 19.2 Å². The highest BCUT2D eigenvalue weighted by molar-refractivity contribution is 8.76. The van der Waals surface area contributed by atoms with Gasteiger partial charge in [0.25, 0.3) is 0 Å². The quantitative estimate of drug-likeness (QED) is 0.0103. The van der Waals surface area contributed by atoms with Crippen molar-refractivity contribution in [2.24, 2.45) is 23.7 Å². The lowest BCUT2D eigenvalue weighted by Gasteiger charge is -2.42. The van der Waals surface area contributed by atoms with Gasteiger partial charge in [-0.1, -0.05) is 113 Å². The Morgan fingerprint density at radius 2 is 1.09 bits per heavy atom. The number of aldehydes is 2. The fourth-order valence-corrected chi connectivity index (χ4v) is 20.9. The number of alkyl carbamates (subject to hydrolysis) is 2. The number of epoxide rings is 2. The molecule has 10 amide bonds. The van der Waals surface area contributed by atoms with Crippen LogP contribution in [0, 0.1) is 23.7 Å². The third kappa shape index (κ3) is 25.2. The summed E-state index contributed by atoms with van der Waals surface area (Å²) in [5.74, 6) is -4.35. The van der Waals surface area contributed by atoms with Crippen molar-refractivity contribution in [3.8, 4) is 0 Å². The number of anilines is 2. The van der Waals surface area contributed by atoms with Crippen LogP contribution >= 0.6 is 56.6 Å². The van der Waals surface area contributed by atoms with E-state index in [1.165, 1.54) is 103 Å². The molecule has 6 fully saturated rings. The topological polar surface area (TPSA) is 424 Å². The molecule has 6 N–H and O–H groups in total. The Hall–Kier alpha value is -8.43. The summed E-state index contributed by atoms with van der Waals surface area (Å²) in [6.07, 6.45) is 5.86. The van der Waals surface area contributed by atoms with Gasteiger partial charge in [-0.2, -0.15) is 0 Å². The fourth-order valence-electron chi connectivity index (χ4n) is 16.9. The summed E-state index contributed by atoms with van der Waals surface area (Å²) in [7, 11) is 15.1. The molecule has 7 heterocycles. The minimum absolute atomic E-state index is 0.00866. The third-order valence-electron chi connectivity index (χ3n) is 25.4. The number of allylic oxidation sites excluding steroid dienone is 6. The first kappa shape index (κ1) is 102. The number of carbonyl (C=O) groups is 14. The van der Waals surface area contributed by atoms with Gasteiger partial charge in [-0.3, -0.25) is 63.5 Å². The van der Waals surface area contributed by atoms with Crippen molar-refractivity contribution in [3.05, 3.63) is 104 Å². The van der Waals surface area contributed by atoms with Crippen molar-refractivity contribution in [1.82, 2.24) is 36.0 Å². The molecule has 33 nitrogen and oxygen atoms in total. The van der Waals surface area contributed by atoms with Crippen molar-refractivity contribution in [1.29, 1.82) is 0 Å². The van der Waals surface area contributed by atoms with Crippen molar-refractivity contribution >= 4 is 152 Å². The Bertz CT molecular complexity index is 4590. The SMILES string of the molecule is CNC(=O)C1CCC(CN2C(=O)CC(SCCC(=O)N(C)[C@@H](C)C(=O)O[C@H]3CC(=O)N(C)c4cc(cc(C=O)c4Cl)C/C(C)=C/C=C/[C@@H](OC)[C@@]4(O)C[C@H](OC(=O)N4)[C@@H](C)C4O[C@]43C)C2=O)CC1.CNC(=O)CCC(C)SSCCC(=O)N(C)[C@@H](C)C(=O)O[C@H]1CC(=O)N(C)c2cc(cc(C=O)c2Cl)C/C(C)=C/C=C/[C@@H](OC)[C@@]2(O)C[C@H](OC(=O)N2)[C@@H](C)C2O[C@]21C. The minimum Gasteiger partial charge on any atom is -0.457 e. The summed E-state index contributed by atoms with van der Waals surface area (Å²) in [6, 6.07) is 4.50. The zero-order valence-electron chi connectivity index (χ0n) is 75.0. The summed E-state index contributed by atoms with van der Waals surface area (Å²) in [6.45, 7) is 16.0. The molecule has 0 radical (unpaired) electrons. The summed E-state index contributed by atoms with van der Waals surface area (Å²) >= 11 is 14.6. The van der Waals surface area contributed by atoms with Crippen molar-refractivity contribution in [3.63, 3.8) is 0 Å². The molecule has 698 valence electrons. The number of likely N-dealkylation sites (N-methyl/N-ethyl adjacent to an activating group) is 2. The lowest BCUT2D eigenvalue weighted by atomic mass is 9.81. The van der Waals surface area contributed by atoms with Crippen molar-refractivity contribution in [2.45, 2.75) is 253 Å². The first-order valence-corrected chi connectivity index (χ1v) is 46.8. The van der Waals surface area contributed by atoms with E-state index in [1.54, 1.807) is 113 Å². The summed E-state index contributed by atoms with van der Waals surface area (Å²) in [4.78, 5) is 190. The van der Waals surface area contributed by atoms with E-state index in [9.17, 15) is 77.3 Å². The van der Waals surface area contributed by atoms with Crippen LogP contribution in [0.2, 0.25) is 10.0 Å². The van der Waals surface area contributed by atoms with Gasteiger partial charge in [-0.05, 0) is 128 Å². The predicted octanol–water partition coefficient (Wildman–Crippen LogP) is 9.13. The molecule has 2 aromatic carbocycles. The van der Waals surface area contributed by atoms with E-state index in [0.29, 0.717) is 74.5 Å². The number of ether oxygens (including phenoxy) is 8. The average molecular weight is 1870 g/mol. The average Bonchev–Trinajstić information content (AvgIpc) is 1.57. The van der Waals surface area contributed by atoms with E-state index in [4.69, 9.17) is 61.1 Å². The number of hydrogen-bond acceptors (Lipinski definition) is 27. The van der Waals surface area contributed by atoms with E-state index in [2.05, 4.69) is 21.3 Å². The Kier molecular flexibility index (Phi) is 35.8. The minimum atomic E-state index is -1.89. The molecular formula is C89H121Cl2N9O24S3. The summed E-state index contributed by atoms with van der Waals surface area (Å²) in [5, 5.41) is 33.5. The van der Waals surface area contributed by atoms with Gasteiger partial charge in [0.1, 0.15) is 59.9 Å². The van der Waals surface area contributed by atoms with Crippen LogP contribution in [0.1, 0.15) is 178 Å². The van der Waals surface area contributed by atoms with Crippen molar-refractivity contribution < 1.29 is 115 Å². The van der Waals surface area contributed by atoms with Crippen LogP contribution in [0.15, 0.2) is 71.9 Å². The van der Waals surface area contributed by atoms with Gasteiger partial charge >= 0.3 is 24.1 Å². The highest BCUT2D eigenvalue weighted by Gasteiger charge is 2.66. The van der Waals surface area contributed by atoms with E-state index in [-0.39, 0.29) is 123 Å². The van der Waals surface area contributed by atoms with E-state index in [0.717, 1.165) is 24.0 Å². The molecule has 18 atom stereocenters. The van der Waals surface area contributed by atoms with E-state index >= 15 is 0 Å². The Morgan fingerprint density at radius 1 is 0.646 bits per heavy atom. The van der Waals surface area contributed by atoms with Gasteiger partial charge < -0.3 is 78.3 Å². The fraction of sp³-hybridized carbons (Fsp3) is 0.618. The number of fused-ring (bicyclic) bond motifs is 10. The van der Waals surface area contributed by atoms with Gasteiger partial charge in [0.15, 0.2) is 24.0 Å². The normalized spacial score (nSPS) is 31.3. The molecule has 127 heavy (non-hydrogen) atoms. The number of nitrogens with zero attached hydrogens (tertiary/aromatic N) is 5. The number of rotatable bonds is 25. The highest BCUT2D eigenvalue weighted by atomic mass is 35.5. The van der Waals surface area contributed by atoms with Gasteiger partial charge in [0, 0.05) is 147 Å². The first-order valence-electron chi connectivity index (χ1n) is 42.6. The molecule has 10 rings (SSSR count). The standard InChI is InChI=1S/C48H64ClN5O13S.C41H57ClN4O11S2/c1-26-10-9-11-36(64-8)48(63)23-34(65-46(62)51-48)27(2)42-47(4,67-42)37(22-39(57)53(7)33-20-30(18-26)19-32(25-55)41(33)49)66-45(61)28(3)52(6)38(56)16-17-68-35-21-40(58)54(44(35)60)24-29-12-14-31(15-13-29)43(59)50-5;1-23-11-10-12-31(54-9)41(53)21-30(55-39(52)44-41)25(3)37-40(5,57-37)32(20-35(50)46(8)29-19-27(17-23)18-28(22-47)36(29)42)56-38(51)26(4)45(7)34(49)15-16-58-59-24(2)13-14-33(48)43-6/h9-11,19-20,25,27-29,31,34-37,42,63H,12-18,21-24H2,1-8H3,(H,50,59)(H,51,62);10-12,18-19,22,24-26,30-32,37,53H,13-17,20-21H2,1-9H3,(H,43,48)(H,44,52)/b11-9+,26-10+;12-10+,23-11+/t27-,28+,29?,31?,34+,35?,36-,37+,42?,47+,48+;24?,25-,26+,30+,31-,32+,37?,40+,41+/m11/s1. The van der Waals surface area contributed by atoms with Crippen molar-refractivity contribution in [2.75, 3.05) is 84.4 Å². The second kappa shape index (κ2) is 44.5. The van der Waals surface area contributed by atoms with Crippen LogP contribution in [0.5, 0.6) is 0 Å². The van der Waals surface area contributed by atoms with Crippen LogP contribution < -0.4 is 31.1 Å². The molecule has 4 unspecified atom stereocenters. The summed E-state index contributed by atoms with van der Waals surface area (Å²) in [5.41, 5.74) is -2.43. The van der Waals surface area contributed by atoms with E-state index in [1.807, 2.05) is 20.8 Å². The third-order valence-corrected chi connectivity index (χ3v) is 30.4. The zero-order chi connectivity index (χ0) is 93.6. The molecule has 0 spiro atoms. The Labute approximate surface area is 763 Å². The van der Waals surface area contributed by atoms with Crippen LogP contribution in [0.3, 0.4) is 0 Å². The largest absolute Gasteiger partial charge is 0.457 e. The number of halogens is 2. The summed E-state index contributed by atoms with van der Waals surface area (Å²) < 4.78 is 47.4. The van der Waals surface area contributed by atoms with Gasteiger partial charge in [0.05, 0.1) is 51.7 Å². The molecule has 7 aliphatic heterocycles. The molecule has 1 aliphatic carbocycles. The number of imide groups is 1.